The summed E-state index contributed by atoms with van der Waals surface area (Å²) in [6, 6.07) is 14.4. The minimum atomic E-state index is -0.840. The van der Waals surface area contributed by atoms with Gasteiger partial charge in [0.1, 0.15) is 22.9 Å². The topological polar surface area (TPSA) is 172 Å². The quantitative estimate of drug-likeness (QED) is 0.0690. The number of hydrogen-bond donors (Lipinski definition) is 3. The Labute approximate surface area is 402 Å². The van der Waals surface area contributed by atoms with Crippen molar-refractivity contribution in [2.24, 2.45) is 10.4 Å². The second kappa shape index (κ2) is 21.7. The van der Waals surface area contributed by atoms with Crippen LogP contribution in [-0.2, 0) is 25.6 Å². The van der Waals surface area contributed by atoms with Crippen LogP contribution < -0.4 is 10.6 Å². The fraction of sp³-hybridized carbons (Fsp3) is 0.500. The van der Waals surface area contributed by atoms with Crippen molar-refractivity contribution < 1.29 is 24.3 Å². The van der Waals surface area contributed by atoms with Gasteiger partial charge in [0.15, 0.2) is 11.6 Å². The molecule has 3 aromatic heterocycles. The molecule has 3 amide bonds. The highest BCUT2D eigenvalue weighted by Gasteiger charge is 2.44. The lowest BCUT2D eigenvalue weighted by Crippen LogP contribution is -2.56. The molecule has 4 atom stereocenters. The summed E-state index contributed by atoms with van der Waals surface area (Å²) in [6.07, 6.45) is 5.87. The number of β-amino-alcohol motifs (C(OH)–C–C–N with tert-alkyl or cyclic N) is 1. The van der Waals surface area contributed by atoms with Gasteiger partial charge < -0.3 is 20.6 Å². The smallest absolute Gasteiger partial charge is 0.246 e. The van der Waals surface area contributed by atoms with Crippen LogP contribution in [0, 0.1) is 40.0 Å². The number of thiazole rings is 1. The zero-order chi connectivity index (χ0) is 48.0. The van der Waals surface area contributed by atoms with Crippen molar-refractivity contribution in [1.29, 1.82) is 0 Å². The first kappa shape index (κ1) is 49.5. The number of unbranched alkanes of at least 4 members (excludes halogenated alkanes) is 5. The first-order valence-corrected chi connectivity index (χ1v) is 25.4. The Balaban J connectivity index is 0.832. The highest BCUT2D eigenvalue weighted by Crippen LogP contribution is 2.40. The lowest BCUT2D eigenvalue weighted by atomic mass is 9.85. The molecular formula is C52H66N8O5S2. The molecule has 7 rings (SSSR count). The summed E-state index contributed by atoms with van der Waals surface area (Å²) in [5, 5.41) is 26.7. The molecule has 15 heteroatoms. The van der Waals surface area contributed by atoms with Crippen LogP contribution in [0.3, 0.4) is 0 Å². The second-order valence-corrected chi connectivity index (χ2v) is 21.4. The molecule has 0 spiro atoms. The van der Waals surface area contributed by atoms with Gasteiger partial charge in [0.05, 0.1) is 40.4 Å². The van der Waals surface area contributed by atoms with Crippen LogP contribution in [0.5, 0.6) is 0 Å². The molecule has 2 aromatic carbocycles. The summed E-state index contributed by atoms with van der Waals surface area (Å²) in [5.74, 6) is 0.739. The van der Waals surface area contributed by atoms with Gasteiger partial charge in [-0.3, -0.25) is 28.7 Å². The van der Waals surface area contributed by atoms with Crippen LogP contribution in [-0.4, -0.2) is 90.2 Å². The van der Waals surface area contributed by atoms with Crippen molar-refractivity contribution in [2.75, 3.05) is 13.1 Å². The third-order valence-electron chi connectivity index (χ3n) is 13.1. The maximum atomic E-state index is 14.1. The minimum Gasteiger partial charge on any atom is -0.391 e. The van der Waals surface area contributed by atoms with Crippen LogP contribution in [0.15, 0.2) is 59.0 Å². The van der Waals surface area contributed by atoms with Crippen molar-refractivity contribution >= 4 is 51.9 Å². The number of carbonyl (C=O) groups excluding carboxylic acids is 4. The van der Waals surface area contributed by atoms with Crippen molar-refractivity contribution in [3.63, 3.8) is 0 Å². The maximum absolute atomic E-state index is 14.1. The molecule has 356 valence electrons. The molecule has 5 heterocycles. The Morgan fingerprint density at radius 1 is 0.851 bits per heavy atom. The van der Waals surface area contributed by atoms with Gasteiger partial charge in [-0.05, 0) is 76.0 Å². The van der Waals surface area contributed by atoms with E-state index in [0.29, 0.717) is 25.2 Å². The van der Waals surface area contributed by atoms with Gasteiger partial charge in [0, 0.05) is 48.4 Å². The predicted molar refractivity (Wildman–Crippen MR) is 266 cm³/mol. The van der Waals surface area contributed by atoms with E-state index in [0.717, 1.165) is 81.5 Å². The second-order valence-electron chi connectivity index (χ2n) is 19.4. The number of nitrogens with zero attached hydrogens (tertiary/aromatic N) is 6. The number of aromatic nitrogens is 4. The Morgan fingerprint density at radius 2 is 1.54 bits per heavy atom. The van der Waals surface area contributed by atoms with Gasteiger partial charge in [-0.15, -0.1) is 32.9 Å². The number of likely N-dealkylation sites (tertiary alicyclic amines) is 1. The van der Waals surface area contributed by atoms with Gasteiger partial charge in [-0.25, -0.2) is 4.98 Å². The molecule has 0 radical (unpaired) electrons. The van der Waals surface area contributed by atoms with E-state index in [1.165, 1.54) is 20.9 Å². The molecule has 13 nitrogen and oxygen atoms in total. The number of fused-ring (bicyclic) bond motifs is 3. The maximum Gasteiger partial charge on any atom is 0.246 e. The first-order valence-electron chi connectivity index (χ1n) is 23.7. The Bertz CT molecular complexity index is 2590. The van der Waals surface area contributed by atoms with Crippen LogP contribution in [0.25, 0.3) is 15.4 Å². The number of aryl methyl sites for hydroxylation is 5. The van der Waals surface area contributed by atoms with Crippen molar-refractivity contribution in [2.45, 2.75) is 150 Å². The molecule has 67 heavy (non-hydrogen) atoms. The molecule has 5 aromatic rings. The van der Waals surface area contributed by atoms with E-state index in [2.05, 4.69) is 75.4 Å². The van der Waals surface area contributed by atoms with E-state index in [4.69, 9.17) is 4.99 Å². The Hall–Kier alpha value is -5.38. The molecule has 3 N–H and O–H groups in total. The Kier molecular flexibility index (Phi) is 16.0. The monoisotopic (exact) mass is 946 g/mol. The van der Waals surface area contributed by atoms with E-state index in [9.17, 15) is 24.3 Å². The third kappa shape index (κ3) is 11.8. The van der Waals surface area contributed by atoms with Crippen molar-refractivity contribution in [3.05, 3.63) is 104 Å². The van der Waals surface area contributed by atoms with Crippen LogP contribution in [0.2, 0.25) is 0 Å². The Morgan fingerprint density at radius 3 is 2.22 bits per heavy atom. The number of aliphatic hydroxyl groups excluding tert-OH is 1. The zero-order valence-electron chi connectivity index (χ0n) is 40.3. The summed E-state index contributed by atoms with van der Waals surface area (Å²) in [7, 11) is 0. The van der Waals surface area contributed by atoms with E-state index in [1.807, 2.05) is 64.4 Å². The molecule has 0 saturated carbocycles. The molecule has 2 aliphatic rings. The molecule has 0 aliphatic carbocycles. The van der Waals surface area contributed by atoms with E-state index < -0.39 is 29.6 Å². The fourth-order valence-corrected chi connectivity index (χ4v) is 11.1. The van der Waals surface area contributed by atoms with Crippen LogP contribution >= 0.6 is 22.7 Å². The standard InChI is InChI=1S/C52H66N8O5S2/c1-31-16-21-37(22-17-31)46-45-32(2)34(4)67-51(45)60-35(5)57-58-49(60)40(55-46)28-44(64)53-26-14-12-10-9-11-13-15-43(63)56-48(52(6,7)8)50(65)59-29-39(61)27-41(59)42(62)25-20-36-18-23-38(24-19-36)47-33(3)54-30-66-47/h16-19,21-24,30,39-41,48,61H,9-15,20,25-29H2,1-8H3,(H,53,64)(H,56,63)/t39?,40?,41-,48+/m0/s1. The summed E-state index contributed by atoms with van der Waals surface area (Å²) in [6.45, 7) is 16.6. The summed E-state index contributed by atoms with van der Waals surface area (Å²) in [4.78, 5) is 67.7. The van der Waals surface area contributed by atoms with E-state index in [1.54, 1.807) is 22.7 Å². The normalized spacial score (nSPS) is 17.4. The number of amides is 3. The minimum absolute atomic E-state index is 0.0639. The van der Waals surface area contributed by atoms with Crippen LogP contribution in [0.1, 0.15) is 141 Å². The predicted octanol–water partition coefficient (Wildman–Crippen LogP) is 8.82. The average molecular weight is 947 g/mol. The first-order chi connectivity index (χ1) is 32.0. The summed E-state index contributed by atoms with van der Waals surface area (Å²) < 4.78 is 2.07. The SMILES string of the molecule is Cc1ccc(C2=NC(CC(=O)NCCCCCCCCC(=O)N[C@H](C(=O)N3CC(O)C[C@H]3C(=O)CCc3ccc(-c4scnc4C)cc3)C(C)(C)C)c3nnc(C)n3-c3sc(C)c(C)c32)cc1. The number of benzene rings is 2. The number of carbonyl (C=O) groups is 4. The van der Waals surface area contributed by atoms with Gasteiger partial charge in [0.2, 0.25) is 17.7 Å². The van der Waals surface area contributed by atoms with Gasteiger partial charge >= 0.3 is 0 Å². The van der Waals surface area contributed by atoms with E-state index >= 15 is 0 Å². The average Bonchev–Trinajstić information content (AvgIpc) is 4.06. The number of rotatable bonds is 19. The fourth-order valence-electron chi connectivity index (χ4n) is 9.08. The number of Topliss-reactive ketones (excluding diaryl/α,β-unsaturated/α-hetero) is 1. The van der Waals surface area contributed by atoms with Crippen molar-refractivity contribution in [1.82, 2.24) is 35.3 Å². The number of hydrogen-bond acceptors (Lipinski definition) is 11. The number of aliphatic hydroxyl groups is 1. The zero-order valence-corrected chi connectivity index (χ0v) is 41.9. The molecule has 2 unspecified atom stereocenters. The number of aliphatic imine (C=N–C) groups is 1. The van der Waals surface area contributed by atoms with Gasteiger partial charge in [-0.2, -0.15) is 0 Å². The third-order valence-corrected chi connectivity index (χ3v) is 15.2. The molecule has 1 saturated heterocycles. The number of thiophene rings is 1. The largest absolute Gasteiger partial charge is 0.391 e. The summed E-state index contributed by atoms with van der Waals surface area (Å²) >= 11 is 3.30. The molecule has 0 bridgehead atoms. The molecular weight excluding hydrogens is 881 g/mol. The lowest BCUT2D eigenvalue weighted by molar-refractivity contribution is -0.143. The highest BCUT2D eigenvalue weighted by molar-refractivity contribution is 7.15. The number of nitrogens with one attached hydrogen (secondary N) is 2. The van der Waals surface area contributed by atoms with Gasteiger partial charge in [0.25, 0.3) is 0 Å². The van der Waals surface area contributed by atoms with E-state index in [-0.39, 0.29) is 55.7 Å². The summed E-state index contributed by atoms with van der Waals surface area (Å²) in [5.41, 5.74) is 9.61. The number of ketones is 1. The molecule has 2 aliphatic heterocycles. The highest BCUT2D eigenvalue weighted by atomic mass is 32.1. The van der Waals surface area contributed by atoms with Gasteiger partial charge in [-0.1, -0.05) is 101 Å². The van der Waals surface area contributed by atoms with Crippen molar-refractivity contribution in [3.8, 4) is 15.4 Å². The lowest BCUT2D eigenvalue weighted by Gasteiger charge is -2.35. The molecule has 1 fully saturated rings. The van der Waals surface area contributed by atoms with Crippen LogP contribution in [0.4, 0.5) is 0 Å².